The number of aromatic amines is 1. The van der Waals surface area contributed by atoms with E-state index in [0.717, 1.165) is 42.6 Å². The average molecular weight is 491 g/mol. The van der Waals surface area contributed by atoms with Crippen molar-refractivity contribution < 1.29 is 4.79 Å². The number of likely N-dealkylation sites (tertiary alicyclic amines) is 1. The molecular formula is C26H27ClN6O2. The molecule has 3 heterocycles. The summed E-state index contributed by atoms with van der Waals surface area (Å²) in [5.74, 6) is 0.436. The number of benzene rings is 2. The van der Waals surface area contributed by atoms with E-state index in [1.54, 1.807) is 22.9 Å². The molecule has 4 aromatic rings. The summed E-state index contributed by atoms with van der Waals surface area (Å²) in [7, 11) is 2.13. The van der Waals surface area contributed by atoms with E-state index in [0.29, 0.717) is 40.6 Å². The minimum absolute atomic E-state index is 0.0831. The van der Waals surface area contributed by atoms with Gasteiger partial charge in [-0.1, -0.05) is 29.8 Å². The average Bonchev–Trinajstić information content (AvgIpc) is 3.31. The van der Waals surface area contributed by atoms with Crippen LogP contribution in [0.1, 0.15) is 28.8 Å². The van der Waals surface area contributed by atoms with Gasteiger partial charge >= 0.3 is 0 Å². The van der Waals surface area contributed by atoms with E-state index in [1.807, 2.05) is 30.3 Å². The summed E-state index contributed by atoms with van der Waals surface area (Å²) in [4.78, 5) is 32.7. The first-order chi connectivity index (χ1) is 17.0. The van der Waals surface area contributed by atoms with Crippen molar-refractivity contribution in [3.63, 3.8) is 0 Å². The highest BCUT2D eigenvalue weighted by atomic mass is 35.5. The van der Waals surface area contributed by atoms with Crippen molar-refractivity contribution in [1.82, 2.24) is 30.0 Å². The standard InChI is InChI=1S/C26H27ClN6O2/c1-32-9-7-17(8-10-32)13-28-25(34)20-4-2-3-18(11-20)15-33-16-29-23-12-19(5-6-21(23)26(33)35)22-14-30-31-24(22)27/h2-6,11-12,14,16-17H,7-10,13,15H2,1H3,(H,28,34)(H,30,31). The van der Waals surface area contributed by atoms with Crippen LogP contribution in [-0.4, -0.2) is 57.2 Å². The maximum Gasteiger partial charge on any atom is 0.261 e. The first-order valence-corrected chi connectivity index (χ1v) is 12.1. The van der Waals surface area contributed by atoms with Crippen molar-refractivity contribution in [2.45, 2.75) is 19.4 Å². The number of carbonyl (C=O) groups excluding carboxylic acids is 1. The molecule has 1 fully saturated rings. The Kier molecular flexibility index (Phi) is 6.66. The zero-order valence-electron chi connectivity index (χ0n) is 19.5. The number of H-pyrrole nitrogens is 1. The summed E-state index contributed by atoms with van der Waals surface area (Å²) >= 11 is 6.14. The van der Waals surface area contributed by atoms with E-state index in [4.69, 9.17) is 11.6 Å². The fourth-order valence-corrected chi connectivity index (χ4v) is 4.73. The lowest BCUT2D eigenvalue weighted by Gasteiger charge is -2.28. The number of piperidine rings is 1. The van der Waals surface area contributed by atoms with Crippen LogP contribution in [0.25, 0.3) is 22.0 Å². The van der Waals surface area contributed by atoms with Crippen molar-refractivity contribution in [2.24, 2.45) is 5.92 Å². The molecule has 0 aliphatic carbocycles. The van der Waals surface area contributed by atoms with Crippen molar-refractivity contribution in [3.8, 4) is 11.1 Å². The van der Waals surface area contributed by atoms with Crippen molar-refractivity contribution >= 4 is 28.4 Å². The third-order valence-electron chi connectivity index (χ3n) is 6.66. The molecule has 1 aliphatic heterocycles. The molecule has 2 N–H and O–H groups in total. The Morgan fingerprint density at radius 2 is 2.03 bits per heavy atom. The van der Waals surface area contributed by atoms with Gasteiger partial charge in [-0.3, -0.25) is 19.3 Å². The Morgan fingerprint density at radius 1 is 1.20 bits per heavy atom. The van der Waals surface area contributed by atoms with Crippen LogP contribution >= 0.6 is 11.6 Å². The zero-order chi connectivity index (χ0) is 24.4. The SMILES string of the molecule is CN1CCC(CNC(=O)c2cccc(Cn3cnc4cc(-c5cn[nH]c5Cl)ccc4c3=O)c2)CC1. The van der Waals surface area contributed by atoms with Crippen molar-refractivity contribution in [3.05, 3.63) is 81.6 Å². The largest absolute Gasteiger partial charge is 0.352 e. The third-order valence-corrected chi connectivity index (χ3v) is 6.95. The number of rotatable bonds is 6. The van der Waals surface area contributed by atoms with Crippen LogP contribution in [0.4, 0.5) is 0 Å². The molecule has 5 rings (SSSR count). The molecule has 180 valence electrons. The van der Waals surface area contributed by atoms with Crippen LogP contribution in [0, 0.1) is 5.92 Å². The molecule has 1 amide bonds. The molecule has 2 aromatic heterocycles. The maximum absolute atomic E-state index is 13.1. The Bertz CT molecular complexity index is 1420. The van der Waals surface area contributed by atoms with E-state index in [-0.39, 0.29) is 11.5 Å². The van der Waals surface area contributed by atoms with Gasteiger partial charge in [0.25, 0.3) is 11.5 Å². The highest BCUT2D eigenvalue weighted by Gasteiger charge is 2.18. The van der Waals surface area contributed by atoms with Crippen molar-refractivity contribution in [1.29, 1.82) is 0 Å². The van der Waals surface area contributed by atoms with Gasteiger partial charge in [0.1, 0.15) is 5.15 Å². The summed E-state index contributed by atoms with van der Waals surface area (Å²) in [6, 6.07) is 12.8. The van der Waals surface area contributed by atoms with Gasteiger partial charge in [-0.05, 0) is 74.3 Å². The number of nitrogens with one attached hydrogen (secondary N) is 2. The Morgan fingerprint density at radius 3 is 2.80 bits per heavy atom. The van der Waals surface area contributed by atoms with E-state index in [2.05, 4.69) is 32.4 Å². The molecule has 0 radical (unpaired) electrons. The molecular weight excluding hydrogens is 464 g/mol. The number of hydrogen-bond donors (Lipinski definition) is 2. The lowest BCUT2D eigenvalue weighted by molar-refractivity contribution is 0.0939. The lowest BCUT2D eigenvalue weighted by atomic mass is 9.97. The van der Waals surface area contributed by atoms with Crippen LogP contribution in [-0.2, 0) is 6.54 Å². The predicted octanol–water partition coefficient (Wildman–Crippen LogP) is 3.56. The van der Waals surface area contributed by atoms with Gasteiger partial charge in [-0.2, -0.15) is 5.10 Å². The van der Waals surface area contributed by atoms with Crippen molar-refractivity contribution in [2.75, 3.05) is 26.7 Å². The summed E-state index contributed by atoms with van der Waals surface area (Å²) in [6.45, 7) is 3.16. The quantitative estimate of drug-likeness (QED) is 0.431. The molecule has 35 heavy (non-hydrogen) atoms. The maximum atomic E-state index is 13.1. The first-order valence-electron chi connectivity index (χ1n) is 11.7. The van der Waals surface area contributed by atoms with Gasteiger partial charge in [-0.25, -0.2) is 4.98 Å². The van der Waals surface area contributed by atoms with E-state index < -0.39 is 0 Å². The Balaban J connectivity index is 1.30. The van der Waals surface area contributed by atoms with Crippen LogP contribution in [0.3, 0.4) is 0 Å². The monoisotopic (exact) mass is 490 g/mol. The molecule has 8 nitrogen and oxygen atoms in total. The van der Waals surface area contributed by atoms with Crippen LogP contribution in [0.5, 0.6) is 0 Å². The molecule has 2 aromatic carbocycles. The van der Waals surface area contributed by atoms with Gasteiger partial charge in [0.15, 0.2) is 0 Å². The molecule has 0 unspecified atom stereocenters. The van der Waals surface area contributed by atoms with Crippen LogP contribution < -0.4 is 10.9 Å². The Hall–Kier alpha value is -3.49. The molecule has 0 bridgehead atoms. The zero-order valence-corrected chi connectivity index (χ0v) is 20.3. The highest BCUT2D eigenvalue weighted by molar-refractivity contribution is 6.32. The number of carbonyl (C=O) groups is 1. The fraction of sp³-hybridized carbons (Fsp3) is 0.308. The number of hydrogen-bond acceptors (Lipinski definition) is 5. The minimum atomic E-state index is -0.142. The molecule has 1 saturated heterocycles. The second kappa shape index (κ2) is 10.0. The highest BCUT2D eigenvalue weighted by Crippen LogP contribution is 2.27. The van der Waals surface area contributed by atoms with Gasteiger partial charge in [0.2, 0.25) is 0 Å². The van der Waals surface area contributed by atoms with E-state index in [1.165, 1.54) is 6.33 Å². The van der Waals surface area contributed by atoms with Gasteiger partial charge in [0.05, 0.1) is 30.0 Å². The summed E-state index contributed by atoms with van der Waals surface area (Å²) in [6.07, 6.45) is 5.39. The third kappa shape index (κ3) is 5.13. The smallest absolute Gasteiger partial charge is 0.261 e. The summed E-state index contributed by atoms with van der Waals surface area (Å²) in [5.41, 5.74) is 3.49. The Labute approximate surface area is 207 Å². The van der Waals surface area contributed by atoms with Crippen LogP contribution in [0.2, 0.25) is 5.15 Å². The summed E-state index contributed by atoms with van der Waals surface area (Å²) < 4.78 is 1.56. The lowest BCUT2D eigenvalue weighted by Crippen LogP contribution is -2.36. The van der Waals surface area contributed by atoms with Gasteiger partial charge in [-0.15, -0.1) is 0 Å². The number of nitrogens with zero attached hydrogens (tertiary/aromatic N) is 4. The van der Waals surface area contributed by atoms with E-state index >= 15 is 0 Å². The fourth-order valence-electron chi connectivity index (χ4n) is 4.52. The number of halogens is 1. The first kappa shape index (κ1) is 23.3. The topological polar surface area (TPSA) is 95.9 Å². The second-order valence-corrected chi connectivity index (χ2v) is 9.54. The predicted molar refractivity (Wildman–Crippen MR) is 137 cm³/mol. The molecule has 0 atom stereocenters. The second-order valence-electron chi connectivity index (χ2n) is 9.16. The molecule has 0 saturated carbocycles. The number of aromatic nitrogens is 4. The number of fused-ring (bicyclic) bond motifs is 1. The molecule has 1 aliphatic rings. The van der Waals surface area contributed by atoms with Crippen LogP contribution in [0.15, 0.2) is 59.8 Å². The normalized spacial score (nSPS) is 14.9. The van der Waals surface area contributed by atoms with E-state index in [9.17, 15) is 9.59 Å². The van der Waals surface area contributed by atoms with Gasteiger partial charge in [0, 0.05) is 17.7 Å². The molecule has 9 heteroatoms. The number of amides is 1. The summed E-state index contributed by atoms with van der Waals surface area (Å²) in [5, 5.41) is 10.7. The molecule has 0 spiro atoms. The minimum Gasteiger partial charge on any atom is -0.352 e. The van der Waals surface area contributed by atoms with Gasteiger partial charge < -0.3 is 10.2 Å².